The van der Waals surface area contributed by atoms with Crippen molar-refractivity contribution in [2.75, 3.05) is 33.4 Å². The van der Waals surface area contributed by atoms with E-state index in [0.29, 0.717) is 13.0 Å². The van der Waals surface area contributed by atoms with Gasteiger partial charge in [0, 0.05) is 25.1 Å². The van der Waals surface area contributed by atoms with E-state index in [-0.39, 0.29) is 5.78 Å². The van der Waals surface area contributed by atoms with Crippen LogP contribution in [0.15, 0.2) is 23.8 Å². The van der Waals surface area contributed by atoms with E-state index in [1.165, 1.54) is 0 Å². The zero-order valence-electron chi connectivity index (χ0n) is 13.7. The molecule has 0 aliphatic carbocycles. The highest BCUT2D eigenvalue weighted by molar-refractivity contribution is 6.00. The van der Waals surface area contributed by atoms with Gasteiger partial charge in [0.2, 0.25) is 0 Å². The fourth-order valence-electron chi connectivity index (χ4n) is 2.53. The molecule has 0 bridgehead atoms. The Labute approximate surface area is 132 Å². The number of ether oxygens (including phenoxy) is 2. The summed E-state index contributed by atoms with van der Waals surface area (Å²) in [6.45, 7) is 7.40. The van der Waals surface area contributed by atoms with Crippen LogP contribution in [0.25, 0.3) is 6.08 Å². The highest BCUT2D eigenvalue weighted by atomic mass is 16.5. The molecule has 1 heterocycles. The average Bonchev–Trinajstić information content (AvgIpc) is 2.55. The highest BCUT2D eigenvalue weighted by Crippen LogP contribution is 2.29. The Hall–Kier alpha value is -1.81. The summed E-state index contributed by atoms with van der Waals surface area (Å²) in [5.74, 6) is 1.70. The van der Waals surface area contributed by atoms with Gasteiger partial charge in [-0.15, -0.1) is 0 Å². The lowest BCUT2D eigenvalue weighted by molar-refractivity contribution is -0.117. The lowest BCUT2D eigenvalue weighted by atomic mass is 10.0. The quantitative estimate of drug-likeness (QED) is 0.757. The normalized spacial score (nSPS) is 17.8. The predicted octanol–water partition coefficient (Wildman–Crippen LogP) is 3.16. The van der Waals surface area contributed by atoms with Gasteiger partial charge in [0.25, 0.3) is 0 Å². The minimum atomic E-state index is 0.247. The third-order valence-corrected chi connectivity index (χ3v) is 3.84. The molecule has 0 atom stereocenters. The molecular weight excluding hydrogens is 278 g/mol. The van der Waals surface area contributed by atoms with Crippen molar-refractivity contribution >= 4 is 11.9 Å². The van der Waals surface area contributed by atoms with E-state index in [1.807, 2.05) is 24.3 Å². The summed E-state index contributed by atoms with van der Waals surface area (Å²) in [6.07, 6.45) is 3.52. The van der Waals surface area contributed by atoms with E-state index < -0.39 is 0 Å². The Kier molecular flexibility index (Phi) is 6.01. The number of ketones is 1. The first-order valence-electron chi connectivity index (χ1n) is 7.94. The summed E-state index contributed by atoms with van der Waals surface area (Å²) < 4.78 is 11.0. The monoisotopic (exact) mass is 303 g/mol. The number of benzene rings is 1. The van der Waals surface area contributed by atoms with Gasteiger partial charge in [0.05, 0.1) is 13.7 Å². The van der Waals surface area contributed by atoms with Crippen LogP contribution in [0.3, 0.4) is 0 Å². The molecule has 4 heteroatoms. The topological polar surface area (TPSA) is 38.8 Å². The van der Waals surface area contributed by atoms with Crippen molar-refractivity contribution in [3.05, 3.63) is 29.3 Å². The Balaban J connectivity index is 2.23. The molecule has 0 radical (unpaired) electrons. The smallest absolute Gasteiger partial charge is 0.161 e. The molecule has 1 aliphatic heterocycles. The second-order valence-electron chi connectivity index (χ2n) is 5.47. The van der Waals surface area contributed by atoms with Crippen molar-refractivity contribution in [1.82, 2.24) is 4.90 Å². The van der Waals surface area contributed by atoms with Crippen LogP contribution < -0.4 is 9.47 Å². The molecule has 2 rings (SSSR count). The maximum absolute atomic E-state index is 12.1. The maximum atomic E-state index is 12.1. The summed E-state index contributed by atoms with van der Waals surface area (Å²) >= 11 is 0. The van der Waals surface area contributed by atoms with Crippen LogP contribution in [-0.2, 0) is 4.79 Å². The van der Waals surface area contributed by atoms with Crippen LogP contribution >= 0.6 is 0 Å². The van der Waals surface area contributed by atoms with E-state index in [2.05, 4.69) is 18.7 Å². The molecule has 0 N–H and O–H groups in total. The summed E-state index contributed by atoms with van der Waals surface area (Å²) in [5, 5.41) is 0. The van der Waals surface area contributed by atoms with Gasteiger partial charge in [-0.3, -0.25) is 9.69 Å². The third kappa shape index (κ3) is 4.10. The van der Waals surface area contributed by atoms with Crippen molar-refractivity contribution in [2.24, 2.45) is 0 Å². The third-order valence-electron chi connectivity index (χ3n) is 3.84. The minimum Gasteiger partial charge on any atom is -0.493 e. The number of nitrogens with zero attached hydrogens (tertiary/aromatic N) is 1. The molecule has 0 amide bonds. The molecular formula is C18H25NO3. The summed E-state index contributed by atoms with van der Waals surface area (Å²) in [4.78, 5) is 14.4. The summed E-state index contributed by atoms with van der Waals surface area (Å²) in [5.41, 5.74) is 1.85. The van der Waals surface area contributed by atoms with E-state index in [0.717, 1.165) is 48.7 Å². The second kappa shape index (κ2) is 7.99. The van der Waals surface area contributed by atoms with Crippen molar-refractivity contribution in [2.45, 2.75) is 26.7 Å². The predicted molar refractivity (Wildman–Crippen MR) is 88.5 cm³/mol. The van der Waals surface area contributed by atoms with Crippen LogP contribution in [0.1, 0.15) is 32.3 Å². The van der Waals surface area contributed by atoms with Gasteiger partial charge in [-0.25, -0.2) is 0 Å². The number of hydrogen-bond donors (Lipinski definition) is 0. The van der Waals surface area contributed by atoms with E-state index in [4.69, 9.17) is 9.47 Å². The van der Waals surface area contributed by atoms with E-state index in [9.17, 15) is 4.79 Å². The van der Waals surface area contributed by atoms with Crippen molar-refractivity contribution < 1.29 is 14.3 Å². The number of likely N-dealkylation sites (tertiary alicyclic amines) is 1. The minimum absolute atomic E-state index is 0.247. The fraction of sp³-hybridized carbons (Fsp3) is 0.500. The number of hydrogen-bond acceptors (Lipinski definition) is 4. The first kappa shape index (κ1) is 16.6. The van der Waals surface area contributed by atoms with Gasteiger partial charge < -0.3 is 9.47 Å². The van der Waals surface area contributed by atoms with Gasteiger partial charge in [-0.1, -0.05) is 19.9 Å². The first-order valence-corrected chi connectivity index (χ1v) is 7.94. The van der Waals surface area contributed by atoms with Crippen molar-refractivity contribution in [3.8, 4) is 11.5 Å². The molecule has 0 spiro atoms. The fourth-order valence-corrected chi connectivity index (χ4v) is 2.53. The summed E-state index contributed by atoms with van der Waals surface area (Å²) in [7, 11) is 1.63. The summed E-state index contributed by atoms with van der Waals surface area (Å²) in [6, 6.07) is 5.80. The van der Waals surface area contributed by atoms with Crippen LogP contribution in [-0.4, -0.2) is 44.0 Å². The Bertz CT molecular complexity index is 551. The highest BCUT2D eigenvalue weighted by Gasteiger charge is 2.20. The lowest BCUT2D eigenvalue weighted by Gasteiger charge is -2.26. The number of Topliss-reactive ketones (excluding diaryl/α,β-unsaturated/α-hetero) is 1. The van der Waals surface area contributed by atoms with Crippen molar-refractivity contribution in [1.29, 1.82) is 0 Å². The van der Waals surface area contributed by atoms with Gasteiger partial charge in [0.15, 0.2) is 17.3 Å². The largest absolute Gasteiger partial charge is 0.493 e. The van der Waals surface area contributed by atoms with Gasteiger partial charge in [0.1, 0.15) is 0 Å². The molecule has 1 fully saturated rings. The van der Waals surface area contributed by atoms with Gasteiger partial charge >= 0.3 is 0 Å². The molecule has 1 aliphatic rings. The van der Waals surface area contributed by atoms with Crippen molar-refractivity contribution in [3.63, 3.8) is 0 Å². The molecule has 0 saturated carbocycles. The molecule has 1 aromatic carbocycles. The van der Waals surface area contributed by atoms with Crippen LogP contribution in [0.2, 0.25) is 0 Å². The zero-order valence-corrected chi connectivity index (χ0v) is 13.7. The SMILES string of the molecule is CCCOc1cc(/C=C2\CN(CC)CCC2=O)ccc1OC. The van der Waals surface area contributed by atoms with E-state index in [1.54, 1.807) is 7.11 Å². The number of rotatable bonds is 6. The number of carbonyl (C=O) groups excluding carboxylic acids is 1. The lowest BCUT2D eigenvalue weighted by Crippen LogP contribution is -2.35. The molecule has 1 saturated heterocycles. The molecule has 4 nitrogen and oxygen atoms in total. The molecule has 120 valence electrons. The Morgan fingerprint density at radius 3 is 2.77 bits per heavy atom. The molecule has 0 aromatic heterocycles. The van der Waals surface area contributed by atoms with E-state index >= 15 is 0 Å². The molecule has 22 heavy (non-hydrogen) atoms. The second-order valence-corrected chi connectivity index (χ2v) is 5.47. The number of likely N-dealkylation sites (N-methyl/N-ethyl adjacent to an activating group) is 1. The maximum Gasteiger partial charge on any atom is 0.161 e. The number of methoxy groups -OCH3 is 1. The molecule has 0 unspecified atom stereocenters. The van der Waals surface area contributed by atoms with Crippen LogP contribution in [0, 0.1) is 0 Å². The zero-order chi connectivity index (χ0) is 15.9. The van der Waals surface area contributed by atoms with Crippen LogP contribution in [0.4, 0.5) is 0 Å². The van der Waals surface area contributed by atoms with Gasteiger partial charge in [-0.2, -0.15) is 0 Å². The Morgan fingerprint density at radius 1 is 1.27 bits per heavy atom. The van der Waals surface area contributed by atoms with Gasteiger partial charge in [-0.05, 0) is 36.7 Å². The molecule has 1 aromatic rings. The number of piperidine rings is 1. The Morgan fingerprint density at radius 2 is 2.09 bits per heavy atom. The first-order chi connectivity index (χ1) is 10.7. The number of carbonyl (C=O) groups is 1. The average molecular weight is 303 g/mol. The van der Waals surface area contributed by atoms with Crippen LogP contribution in [0.5, 0.6) is 11.5 Å². The standard InChI is InChI=1S/C18H25NO3/c1-4-10-22-18-12-14(6-7-17(18)21-3)11-15-13-19(5-2)9-8-16(15)20/h6-7,11-12H,4-5,8-10,13H2,1-3H3/b15-11+.